The van der Waals surface area contributed by atoms with Crippen LogP contribution in [0.25, 0.3) is 0 Å². The van der Waals surface area contributed by atoms with E-state index < -0.39 is 5.97 Å². The normalized spacial score (nSPS) is 10.9. The predicted octanol–water partition coefficient (Wildman–Crippen LogP) is 7.83. The van der Waals surface area contributed by atoms with E-state index >= 15 is 0 Å². The van der Waals surface area contributed by atoms with Crippen LogP contribution in [0.2, 0.25) is 0 Å². The molecule has 0 radical (unpaired) electrons. The minimum absolute atomic E-state index is 0. The summed E-state index contributed by atoms with van der Waals surface area (Å²) in [4.78, 5) is 10.4. The van der Waals surface area contributed by atoms with Gasteiger partial charge in [-0.05, 0) is 32.1 Å². The van der Waals surface area contributed by atoms with Crippen LogP contribution in [0, 0.1) is 0 Å². The van der Waals surface area contributed by atoms with E-state index in [2.05, 4.69) is 19.1 Å². The van der Waals surface area contributed by atoms with Crippen molar-refractivity contribution in [1.82, 2.24) is 6.15 Å². The highest BCUT2D eigenvalue weighted by Crippen LogP contribution is 2.12. The number of hydrogen-bond acceptors (Lipinski definition) is 2. The van der Waals surface area contributed by atoms with E-state index in [9.17, 15) is 4.79 Å². The zero-order chi connectivity index (χ0) is 17.7. The van der Waals surface area contributed by atoms with Gasteiger partial charge in [-0.25, -0.2) is 0 Å². The van der Waals surface area contributed by atoms with Gasteiger partial charge in [-0.1, -0.05) is 96.1 Å². The smallest absolute Gasteiger partial charge is 0.303 e. The highest BCUT2D eigenvalue weighted by Gasteiger charge is 1.96. The minimum atomic E-state index is -0.656. The van der Waals surface area contributed by atoms with E-state index in [1.54, 1.807) is 0 Å². The van der Waals surface area contributed by atoms with Gasteiger partial charge in [0.2, 0.25) is 0 Å². The summed E-state index contributed by atoms with van der Waals surface area (Å²) in [6.07, 6.45) is 27.1. The fourth-order valence-electron chi connectivity index (χ4n) is 3.05. The van der Waals surface area contributed by atoms with Gasteiger partial charge in [0.05, 0.1) is 0 Å². The van der Waals surface area contributed by atoms with Gasteiger partial charge in [0.25, 0.3) is 0 Å². The average molecular weight is 356 g/mol. The van der Waals surface area contributed by atoms with Crippen LogP contribution in [-0.4, -0.2) is 11.1 Å². The first kappa shape index (κ1) is 26.4. The molecule has 0 aromatic carbocycles. The van der Waals surface area contributed by atoms with Crippen LogP contribution in [0.3, 0.4) is 0 Å². The summed E-state index contributed by atoms with van der Waals surface area (Å²) in [5.41, 5.74) is 0. The molecule has 0 bridgehead atoms. The number of rotatable bonds is 19. The Hall–Kier alpha value is -0.830. The zero-order valence-corrected chi connectivity index (χ0v) is 16.9. The quantitative estimate of drug-likeness (QED) is 0.183. The number of unbranched alkanes of at least 4 members (excludes halogenated alkanes) is 15. The first-order chi connectivity index (χ1) is 11.8. The monoisotopic (exact) mass is 355 g/mol. The van der Waals surface area contributed by atoms with Gasteiger partial charge in [-0.2, -0.15) is 0 Å². The third-order valence-electron chi connectivity index (χ3n) is 4.65. The Morgan fingerprint density at radius 1 is 0.640 bits per heavy atom. The van der Waals surface area contributed by atoms with Gasteiger partial charge >= 0.3 is 5.97 Å². The van der Waals surface area contributed by atoms with E-state index in [1.165, 1.54) is 96.3 Å². The Morgan fingerprint density at radius 3 is 1.40 bits per heavy atom. The second kappa shape index (κ2) is 23.2. The molecule has 0 unspecified atom stereocenters. The maximum Gasteiger partial charge on any atom is 0.303 e. The molecule has 0 saturated carbocycles. The lowest BCUT2D eigenvalue weighted by atomic mass is 10.1. The number of aliphatic carboxylic acids is 1. The van der Waals surface area contributed by atoms with Crippen molar-refractivity contribution < 1.29 is 9.90 Å². The molecule has 0 aromatic heterocycles. The summed E-state index contributed by atoms with van der Waals surface area (Å²) >= 11 is 0. The number of allylic oxidation sites excluding steroid dienone is 2. The summed E-state index contributed by atoms with van der Waals surface area (Å²) in [7, 11) is 0. The first-order valence-corrected chi connectivity index (χ1v) is 10.6. The maximum absolute atomic E-state index is 10.4. The summed E-state index contributed by atoms with van der Waals surface area (Å²) in [6, 6.07) is 0. The molecule has 0 aliphatic heterocycles. The molecule has 3 nitrogen and oxygen atoms in total. The Kier molecular flexibility index (Phi) is 24.5. The van der Waals surface area contributed by atoms with Gasteiger partial charge in [0.15, 0.2) is 0 Å². The number of carbonyl (C=O) groups is 1. The third-order valence-corrected chi connectivity index (χ3v) is 4.65. The molecule has 0 atom stereocenters. The van der Waals surface area contributed by atoms with Crippen LogP contribution >= 0.6 is 0 Å². The number of carboxylic acid groups (broad SMARTS) is 1. The highest BCUT2D eigenvalue weighted by molar-refractivity contribution is 5.66. The number of hydrogen-bond donors (Lipinski definition) is 2. The lowest BCUT2D eigenvalue weighted by Gasteiger charge is -2.01. The molecule has 0 aliphatic carbocycles. The van der Waals surface area contributed by atoms with Gasteiger partial charge in [-0.3, -0.25) is 4.79 Å². The Labute approximate surface area is 157 Å². The van der Waals surface area contributed by atoms with Gasteiger partial charge in [0.1, 0.15) is 0 Å². The molecule has 3 heteroatoms. The first-order valence-electron chi connectivity index (χ1n) is 10.6. The van der Waals surface area contributed by atoms with Crippen LogP contribution in [0.1, 0.15) is 122 Å². The number of carboxylic acids is 1. The predicted molar refractivity (Wildman–Crippen MR) is 111 cm³/mol. The fraction of sp³-hybridized carbons (Fsp3) is 0.864. The maximum atomic E-state index is 10.4. The van der Waals surface area contributed by atoms with Gasteiger partial charge < -0.3 is 11.3 Å². The van der Waals surface area contributed by atoms with Crippen molar-refractivity contribution in [1.29, 1.82) is 0 Å². The van der Waals surface area contributed by atoms with Crippen molar-refractivity contribution in [2.75, 3.05) is 0 Å². The SMILES string of the molecule is CCCCCCCC/C=C\CCCCCCCCCCCC(=O)O.N. The molecule has 0 aromatic rings. The molecule has 0 aliphatic rings. The molecule has 0 rings (SSSR count). The highest BCUT2D eigenvalue weighted by atomic mass is 16.4. The molecule has 25 heavy (non-hydrogen) atoms. The lowest BCUT2D eigenvalue weighted by molar-refractivity contribution is -0.137. The van der Waals surface area contributed by atoms with E-state index in [-0.39, 0.29) is 6.15 Å². The second-order valence-corrected chi connectivity index (χ2v) is 7.14. The molecule has 4 N–H and O–H groups in total. The molecular weight excluding hydrogens is 310 g/mol. The molecule has 0 amide bonds. The Bertz CT molecular complexity index is 290. The van der Waals surface area contributed by atoms with Crippen molar-refractivity contribution in [3.63, 3.8) is 0 Å². The summed E-state index contributed by atoms with van der Waals surface area (Å²) in [5.74, 6) is -0.656. The summed E-state index contributed by atoms with van der Waals surface area (Å²) in [6.45, 7) is 2.27. The van der Waals surface area contributed by atoms with Crippen molar-refractivity contribution >= 4 is 5.97 Å². The molecule has 0 spiro atoms. The molecular formula is C22H45NO2. The standard InChI is InChI=1S/C22H42O2.H3N/c1-2-3-4-5-6-7-8-9-10-11-12-13-14-15-16-17-18-19-20-21-22(23)24;/h9-10H,2-8,11-21H2,1H3,(H,23,24);1H3/b10-9-;. The lowest BCUT2D eigenvalue weighted by Crippen LogP contribution is -1.93. The molecule has 0 heterocycles. The minimum Gasteiger partial charge on any atom is -0.481 e. The van der Waals surface area contributed by atoms with Crippen LogP contribution in [-0.2, 0) is 4.79 Å². The van der Waals surface area contributed by atoms with E-state index in [0.717, 1.165) is 12.8 Å². The molecule has 0 saturated heterocycles. The van der Waals surface area contributed by atoms with Crippen LogP contribution in [0.4, 0.5) is 0 Å². The summed E-state index contributed by atoms with van der Waals surface area (Å²) < 4.78 is 0. The van der Waals surface area contributed by atoms with Crippen molar-refractivity contribution in [3.05, 3.63) is 12.2 Å². The summed E-state index contributed by atoms with van der Waals surface area (Å²) in [5, 5.41) is 8.55. The van der Waals surface area contributed by atoms with Crippen LogP contribution < -0.4 is 6.15 Å². The third kappa shape index (κ3) is 25.5. The zero-order valence-electron chi connectivity index (χ0n) is 16.9. The van der Waals surface area contributed by atoms with E-state index in [0.29, 0.717) is 6.42 Å². The largest absolute Gasteiger partial charge is 0.481 e. The van der Waals surface area contributed by atoms with Crippen molar-refractivity contribution in [2.24, 2.45) is 0 Å². The average Bonchev–Trinajstić information content (AvgIpc) is 2.56. The van der Waals surface area contributed by atoms with Crippen molar-refractivity contribution in [3.8, 4) is 0 Å². The second-order valence-electron chi connectivity index (χ2n) is 7.14. The van der Waals surface area contributed by atoms with Crippen molar-refractivity contribution in [2.45, 2.75) is 122 Å². The van der Waals surface area contributed by atoms with Gasteiger partial charge in [-0.15, -0.1) is 0 Å². The van der Waals surface area contributed by atoms with E-state index in [1.807, 2.05) is 0 Å². The van der Waals surface area contributed by atoms with Gasteiger partial charge in [0, 0.05) is 6.42 Å². The molecule has 150 valence electrons. The van der Waals surface area contributed by atoms with E-state index in [4.69, 9.17) is 5.11 Å². The Balaban J connectivity index is 0. The Morgan fingerprint density at radius 2 is 1.00 bits per heavy atom. The van der Waals surface area contributed by atoms with Crippen LogP contribution in [0.15, 0.2) is 12.2 Å². The van der Waals surface area contributed by atoms with Crippen LogP contribution in [0.5, 0.6) is 0 Å². The topological polar surface area (TPSA) is 72.3 Å². The fourth-order valence-corrected chi connectivity index (χ4v) is 3.05. The molecule has 0 fully saturated rings.